The average Bonchev–Trinajstić information content (AvgIpc) is 1.65. The molecule has 1 saturated heterocycles. The van der Waals surface area contributed by atoms with E-state index >= 15 is 0 Å². The molecule has 4 aromatic rings. The maximum atomic E-state index is 14.8. The van der Waals surface area contributed by atoms with Crippen LogP contribution in [0.2, 0.25) is 0 Å². The number of carboxylic acids is 1. The van der Waals surface area contributed by atoms with Gasteiger partial charge in [0.2, 0.25) is 118 Å². The molecule has 794 valence electrons. The summed E-state index contributed by atoms with van der Waals surface area (Å²) in [6.45, 7) is 15.2. The summed E-state index contributed by atoms with van der Waals surface area (Å²) in [5.74, 6) is -21.2. The van der Waals surface area contributed by atoms with Crippen molar-refractivity contribution in [2.45, 2.75) is 282 Å². The van der Waals surface area contributed by atoms with Gasteiger partial charge in [0.1, 0.15) is 103 Å². The fourth-order valence-electron chi connectivity index (χ4n) is 15.0. The van der Waals surface area contributed by atoms with E-state index in [-0.39, 0.29) is 51.0 Å². The minimum Gasteiger partial charge on any atom is -0.480 e. The van der Waals surface area contributed by atoms with Gasteiger partial charge in [-0.25, -0.2) is 4.79 Å². The number of nitrogens with one attached hydrogen (secondary N) is 19. The van der Waals surface area contributed by atoms with Gasteiger partial charge in [-0.15, -0.1) is 0 Å². The van der Waals surface area contributed by atoms with E-state index in [9.17, 15) is 126 Å². The number of rotatable bonds is 60. The third kappa shape index (κ3) is 39.2. The van der Waals surface area contributed by atoms with E-state index < -0.39 is 296 Å². The Morgan fingerprint density at radius 3 is 1.35 bits per heavy atom. The standard InChI is InChI=1S/C95H142N22O26S/c1-15-48(5)75(113-90(137)74(97)54(11)119)91(138)116-78(56(13)121)93(140)112-68(46-118)84(131)101-45-73(125)106-67(41-59-42-98-61-31-24-23-30-60(59)61)88(135)115-77(55(12)120)92(139)111-65(39-57-26-19-17-20-27-57)83(130)100-44-72(124)102-50(7)79(126)99-43-71(123)103-51(8)80(127)104-52(9)82(129)109-64(38-47(3)4)87(134)107-62(33-34-70(96)122)85(132)114-76(49(6)16-2)94(141)117-36-25-32-69(117)89(136)110-66(40-58-28-21-18-22-29-58)86(133)105-53(10)81(128)108-63(95(142)143)35-37-144-14/h17-24,26-31,42,47-56,62-69,74-78,98,118-121H,15-16,25,32-41,43-46,97H2,1-14H3,(H2,96,122)(H,99,126)(H,100,130)(H,101,131)(H,102,124)(H,103,123)(H,104,127)(H,105,133)(H,106,125)(H,107,134)(H,108,128)(H,109,129)(H,110,136)(H,111,139)(H,112,140)(H,113,137)(H,114,132)(H,115,135)(H,116,138)(H,142,143)/t48-,49-,50-,51-,52-,53-,54+,55+,56+,62-,63-,64-,65-,66-,67-,68-,69-,74-,75-,76-,77-,78-/m0/s1. The zero-order valence-electron chi connectivity index (χ0n) is 83.3. The summed E-state index contributed by atoms with van der Waals surface area (Å²) in [4.78, 5) is 292. The number of aromatic amines is 1. The number of aliphatic carboxylic acids is 1. The number of carboxylic acid groups (broad SMARTS) is 1. The smallest absolute Gasteiger partial charge is 0.326 e. The Kier molecular flexibility index (Phi) is 50.3. The molecule has 28 N–H and O–H groups in total. The SMILES string of the molecule is CC[C@H](C)[C@H](NC(=O)[C@@H](N)[C@@H](C)O)C(=O)N[C@H](C(=O)N[C@@H](CO)C(=O)NCC(=O)N[C@@H](Cc1c[nH]c2ccccc12)C(=O)N[C@H](C(=O)N[C@@H](Cc1ccccc1)C(=O)NCC(=O)N[C@@H](C)C(=O)NCC(=O)N[C@@H](C)C(=O)N[C@@H](C)C(=O)N[C@@H](CC(C)C)C(=O)N[C@@H](CCC(N)=O)C(=O)N[C@H](C(=O)N1CCC[C@H]1C(=O)N[C@@H](Cc1ccccc1)C(=O)N[C@@H](C)C(=O)N[C@@H](CCSC)C(=O)O)[C@@H](C)CC)[C@@H](C)O)[C@@H](C)O. The molecular weight excluding hydrogens is 1900 g/mol. The van der Waals surface area contributed by atoms with E-state index in [4.69, 9.17) is 11.5 Å². The van der Waals surface area contributed by atoms with Crippen molar-refractivity contribution in [3.63, 3.8) is 0 Å². The third-order valence-corrected chi connectivity index (χ3v) is 24.6. The molecule has 1 aliphatic heterocycles. The first-order valence-corrected chi connectivity index (χ1v) is 49.0. The minimum atomic E-state index is -1.88. The molecule has 48 nitrogen and oxygen atoms in total. The van der Waals surface area contributed by atoms with E-state index in [0.717, 1.165) is 13.8 Å². The van der Waals surface area contributed by atoms with Crippen LogP contribution in [0.3, 0.4) is 0 Å². The number of para-hydroxylation sites is 1. The molecule has 144 heavy (non-hydrogen) atoms. The van der Waals surface area contributed by atoms with E-state index in [1.54, 1.807) is 139 Å². The summed E-state index contributed by atoms with van der Waals surface area (Å²) in [7, 11) is 0. The molecule has 0 unspecified atom stereocenters. The van der Waals surface area contributed by atoms with Gasteiger partial charge in [-0.05, 0) is 133 Å². The molecule has 20 amide bonds. The molecule has 2 heterocycles. The number of carbonyl (C=O) groups is 21. The van der Waals surface area contributed by atoms with Crippen LogP contribution in [0, 0.1) is 17.8 Å². The van der Waals surface area contributed by atoms with Crippen molar-refractivity contribution in [3.05, 3.63) is 108 Å². The molecule has 1 aromatic heterocycles. The summed E-state index contributed by atoms with van der Waals surface area (Å²) < 4.78 is 0. The number of aromatic nitrogens is 1. The lowest BCUT2D eigenvalue weighted by atomic mass is 9.96. The van der Waals surface area contributed by atoms with Crippen LogP contribution in [0.1, 0.15) is 158 Å². The molecule has 1 fully saturated rings. The van der Waals surface area contributed by atoms with Crippen LogP contribution in [-0.4, -0.2) is 325 Å². The van der Waals surface area contributed by atoms with E-state index in [1.807, 2.05) is 0 Å². The molecule has 0 spiro atoms. The van der Waals surface area contributed by atoms with E-state index in [0.29, 0.717) is 52.6 Å². The number of aliphatic hydroxyl groups excluding tert-OH is 4. The van der Waals surface area contributed by atoms with Gasteiger partial charge >= 0.3 is 5.97 Å². The maximum Gasteiger partial charge on any atom is 0.326 e. The Morgan fingerprint density at radius 1 is 0.424 bits per heavy atom. The lowest BCUT2D eigenvalue weighted by Crippen LogP contribution is -2.62. The molecule has 0 saturated carbocycles. The number of fused-ring (bicyclic) bond motifs is 1. The maximum absolute atomic E-state index is 14.8. The molecule has 0 bridgehead atoms. The molecule has 0 aliphatic carbocycles. The molecule has 22 atom stereocenters. The second-order valence-corrected chi connectivity index (χ2v) is 37.2. The van der Waals surface area contributed by atoms with Crippen molar-refractivity contribution in [2.24, 2.45) is 29.2 Å². The van der Waals surface area contributed by atoms with Crippen LogP contribution in [0.25, 0.3) is 10.9 Å². The number of carbonyl (C=O) groups excluding carboxylic acids is 20. The summed E-state index contributed by atoms with van der Waals surface area (Å²) >= 11 is 1.38. The predicted molar refractivity (Wildman–Crippen MR) is 525 cm³/mol. The van der Waals surface area contributed by atoms with Gasteiger partial charge in [0.25, 0.3) is 0 Å². The van der Waals surface area contributed by atoms with Gasteiger partial charge in [0, 0.05) is 49.3 Å². The molecule has 5 rings (SSSR count). The van der Waals surface area contributed by atoms with Gasteiger partial charge in [-0.2, -0.15) is 11.8 Å². The first kappa shape index (κ1) is 121. The second kappa shape index (κ2) is 60.0. The Balaban J connectivity index is 1.17. The number of thioether (sulfide) groups is 1. The number of primary amides is 1. The van der Waals surface area contributed by atoms with Crippen LogP contribution in [0.15, 0.2) is 91.1 Å². The zero-order chi connectivity index (χ0) is 108. The Labute approximate surface area is 838 Å². The highest BCUT2D eigenvalue weighted by Gasteiger charge is 2.44. The highest BCUT2D eigenvalue weighted by atomic mass is 32.2. The normalized spacial score (nSPS) is 16.7. The van der Waals surface area contributed by atoms with Crippen LogP contribution >= 0.6 is 11.8 Å². The van der Waals surface area contributed by atoms with Crippen molar-refractivity contribution in [1.82, 2.24) is 106 Å². The van der Waals surface area contributed by atoms with E-state index in [1.165, 1.54) is 51.3 Å². The fraction of sp³-hybridized carbons (Fsp3) is 0.568. The Morgan fingerprint density at radius 2 is 0.833 bits per heavy atom. The topological polar surface area (TPSA) is 747 Å². The predicted octanol–water partition coefficient (Wildman–Crippen LogP) is -6.41. The summed E-state index contributed by atoms with van der Waals surface area (Å²) in [6, 6.07) is -1.32. The molecule has 3 aromatic carbocycles. The molecule has 49 heteroatoms. The number of likely N-dealkylation sites (tertiary alicyclic amines) is 1. The molecular formula is C95H142N22O26S. The van der Waals surface area contributed by atoms with Crippen molar-refractivity contribution in [1.29, 1.82) is 0 Å². The van der Waals surface area contributed by atoms with Crippen molar-refractivity contribution >= 4 is 147 Å². The van der Waals surface area contributed by atoms with Gasteiger partial charge in [0.05, 0.1) is 44.6 Å². The minimum absolute atomic E-state index is 0.0401. The Bertz CT molecular complexity index is 5090. The average molecular weight is 2040 g/mol. The third-order valence-electron chi connectivity index (χ3n) is 23.9. The summed E-state index contributed by atoms with van der Waals surface area (Å²) in [5.41, 5.74) is 13.5. The first-order chi connectivity index (χ1) is 67.9. The van der Waals surface area contributed by atoms with Crippen molar-refractivity contribution in [3.8, 4) is 0 Å². The lowest BCUT2D eigenvalue weighted by molar-refractivity contribution is -0.143. The number of benzene rings is 3. The monoisotopic (exact) mass is 2040 g/mol. The number of hydrogen-bond acceptors (Lipinski definition) is 27. The number of amides is 20. The summed E-state index contributed by atoms with van der Waals surface area (Å²) in [5, 5.41) is 96.3. The van der Waals surface area contributed by atoms with Crippen LogP contribution in [-0.2, 0) is 120 Å². The second-order valence-electron chi connectivity index (χ2n) is 36.2. The number of H-pyrrole nitrogens is 1. The van der Waals surface area contributed by atoms with E-state index in [2.05, 4.69) is 101 Å². The van der Waals surface area contributed by atoms with Gasteiger partial charge in [-0.3, -0.25) is 95.9 Å². The van der Waals surface area contributed by atoms with Crippen LogP contribution in [0.5, 0.6) is 0 Å². The molecule has 0 radical (unpaired) electrons. The highest BCUT2D eigenvalue weighted by Crippen LogP contribution is 2.25. The summed E-state index contributed by atoms with van der Waals surface area (Å²) in [6.07, 6.45) is -1.66. The van der Waals surface area contributed by atoms with Gasteiger partial charge < -0.3 is 143 Å². The largest absolute Gasteiger partial charge is 0.480 e. The van der Waals surface area contributed by atoms with Gasteiger partial charge in [-0.1, -0.05) is 133 Å². The Hall–Kier alpha value is -13.8. The zero-order valence-corrected chi connectivity index (χ0v) is 84.1. The number of hydrogen-bond donors (Lipinski definition) is 26. The lowest BCUT2D eigenvalue weighted by Gasteiger charge is -2.33. The van der Waals surface area contributed by atoms with Crippen molar-refractivity contribution in [2.75, 3.05) is 44.8 Å². The quantitative estimate of drug-likeness (QED) is 0.0195. The number of nitrogens with zero attached hydrogens (tertiary/aromatic N) is 1. The fourth-order valence-corrected chi connectivity index (χ4v) is 15.5. The number of aliphatic hydroxyl groups is 4. The highest BCUT2D eigenvalue weighted by molar-refractivity contribution is 7.98. The van der Waals surface area contributed by atoms with Gasteiger partial charge in [0.15, 0.2) is 0 Å². The first-order valence-electron chi connectivity index (χ1n) is 47.6. The molecule has 1 aliphatic rings. The van der Waals surface area contributed by atoms with Crippen LogP contribution in [0.4, 0.5) is 0 Å². The van der Waals surface area contributed by atoms with Crippen molar-refractivity contribution < 1.29 is 126 Å². The number of nitrogens with two attached hydrogens (primary N) is 2. The van der Waals surface area contributed by atoms with Crippen LogP contribution < -0.4 is 107 Å².